The predicted molar refractivity (Wildman–Crippen MR) is 97.1 cm³/mol. The number of ether oxygens (including phenoxy) is 1. The molecule has 2 nitrogen and oxygen atoms in total. The zero-order chi connectivity index (χ0) is 16.3. The molecule has 0 amide bonds. The molecule has 0 saturated heterocycles. The highest BCUT2D eigenvalue weighted by Gasteiger charge is 2.31. The van der Waals surface area contributed by atoms with Gasteiger partial charge in [0.1, 0.15) is 5.75 Å². The molecule has 0 atom stereocenters. The topological polar surface area (TPSA) is 26.3 Å². The highest BCUT2D eigenvalue weighted by Crippen LogP contribution is 2.44. The van der Waals surface area contributed by atoms with Crippen molar-refractivity contribution >= 4 is 23.1 Å². The quantitative estimate of drug-likeness (QED) is 0.686. The zero-order valence-electron chi connectivity index (χ0n) is 13.3. The van der Waals surface area contributed by atoms with E-state index >= 15 is 0 Å². The van der Waals surface area contributed by atoms with E-state index < -0.39 is 7.14 Å². The molecular weight excluding hydrogens is 303 g/mol. The van der Waals surface area contributed by atoms with Crippen LogP contribution in [0.1, 0.15) is 5.56 Å². The van der Waals surface area contributed by atoms with Gasteiger partial charge in [-0.3, -0.25) is 0 Å². The number of benzene rings is 3. The van der Waals surface area contributed by atoms with E-state index in [0.29, 0.717) is 0 Å². The Morgan fingerprint density at radius 1 is 0.739 bits per heavy atom. The van der Waals surface area contributed by atoms with Crippen LogP contribution in [0.25, 0.3) is 0 Å². The SMILES string of the molecule is COc1cccc(P(=O)(c2ccccc2)c2ccccc2)c1C. The zero-order valence-corrected chi connectivity index (χ0v) is 14.2. The van der Waals surface area contributed by atoms with Gasteiger partial charge in [0.25, 0.3) is 0 Å². The standard InChI is InChI=1S/C20H19O2P/c1-16-19(22-2)14-9-15-20(16)23(21,17-10-5-3-6-11-17)18-12-7-4-8-13-18/h3-15H,1-2H3. The summed E-state index contributed by atoms with van der Waals surface area (Å²) in [6.45, 7) is 1.96. The molecule has 0 aromatic heterocycles. The molecule has 3 aromatic rings. The summed E-state index contributed by atoms with van der Waals surface area (Å²) in [5.74, 6) is 0.759. The molecule has 0 saturated carbocycles. The summed E-state index contributed by atoms with van der Waals surface area (Å²) in [4.78, 5) is 0. The van der Waals surface area contributed by atoms with Crippen molar-refractivity contribution in [1.82, 2.24) is 0 Å². The first-order chi connectivity index (χ1) is 11.2. The number of rotatable bonds is 4. The fourth-order valence-corrected chi connectivity index (χ4v) is 5.79. The fourth-order valence-electron chi connectivity index (χ4n) is 2.87. The third kappa shape index (κ3) is 2.71. The summed E-state index contributed by atoms with van der Waals surface area (Å²) < 4.78 is 19.7. The van der Waals surface area contributed by atoms with Crippen LogP contribution in [0, 0.1) is 6.92 Å². The van der Waals surface area contributed by atoms with E-state index in [4.69, 9.17) is 4.74 Å². The van der Waals surface area contributed by atoms with Crippen LogP contribution in [0.2, 0.25) is 0 Å². The molecule has 3 rings (SSSR count). The normalized spacial score (nSPS) is 11.2. The van der Waals surface area contributed by atoms with Crippen molar-refractivity contribution in [3.05, 3.63) is 84.4 Å². The number of hydrogen-bond acceptors (Lipinski definition) is 2. The Morgan fingerprint density at radius 2 is 1.26 bits per heavy atom. The highest BCUT2D eigenvalue weighted by molar-refractivity contribution is 7.85. The minimum absolute atomic E-state index is 0.759. The second kappa shape index (κ2) is 6.44. The summed E-state index contributed by atoms with van der Waals surface area (Å²) >= 11 is 0. The number of hydrogen-bond donors (Lipinski definition) is 0. The van der Waals surface area contributed by atoms with E-state index in [1.165, 1.54) is 0 Å². The molecule has 0 N–H and O–H groups in total. The van der Waals surface area contributed by atoms with Gasteiger partial charge in [-0.1, -0.05) is 72.8 Å². The van der Waals surface area contributed by atoms with Crippen molar-refractivity contribution in [2.24, 2.45) is 0 Å². The molecule has 23 heavy (non-hydrogen) atoms. The second-order valence-corrected chi connectivity index (χ2v) is 8.12. The summed E-state index contributed by atoms with van der Waals surface area (Å²) in [5, 5.41) is 2.50. The van der Waals surface area contributed by atoms with Crippen LogP contribution in [-0.2, 0) is 4.57 Å². The van der Waals surface area contributed by atoms with Gasteiger partial charge in [0.15, 0.2) is 7.14 Å². The van der Waals surface area contributed by atoms with Gasteiger partial charge in [-0.05, 0) is 13.0 Å². The lowest BCUT2D eigenvalue weighted by Gasteiger charge is -2.22. The molecule has 0 aliphatic carbocycles. The maximum Gasteiger partial charge on any atom is 0.171 e. The third-order valence-electron chi connectivity index (χ3n) is 4.05. The summed E-state index contributed by atoms with van der Waals surface area (Å²) in [6.07, 6.45) is 0. The van der Waals surface area contributed by atoms with Gasteiger partial charge in [-0.2, -0.15) is 0 Å². The average Bonchev–Trinajstić information content (AvgIpc) is 2.63. The van der Waals surface area contributed by atoms with Crippen molar-refractivity contribution in [1.29, 1.82) is 0 Å². The van der Waals surface area contributed by atoms with Crippen molar-refractivity contribution < 1.29 is 9.30 Å². The Kier molecular flexibility index (Phi) is 4.36. The maximum atomic E-state index is 14.3. The number of methoxy groups -OCH3 is 1. The lowest BCUT2D eigenvalue weighted by Crippen LogP contribution is -2.26. The second-order valence-electron chi connectivity index (χ2n) is 5.38. The molecule has 0 spiro atoms. The largest absolute Gasteiger partial charge is 0.496 e. The predicted octanol–water partition coefficient (Wildman–Crippen LogP) is 3.64. The molecule has 0 aliphatic heterocycles. The van der Waals surface area contributed by atoms with Crippen LogP contribution in [0.15, 0.2) is 78.9 Å². The Morgan fingerprint density at radius 3 is 1.74 bits per heavy atom. The lowest BCUT2D eigenvalue weighted by atomic mass is 10.2. The molecule has 0 fully saturated rings. The summed E-state index contributed by atoms with van der Waals surface area (Å²) in [6, 6.07) is 25.1. The van der Waals surface area contributed by atoms with E-state index in [2.05, 4.69) is 0 Å². The van der Waals surface area contributed by atoms with Crippen molar-refractivity contribution in [3.63, 3.8) is 0 Å². The third-order valence-corrected chi connectivity index (χ3v) is 7.27. The Balaban J connectivity index is 2.33. The van der Waals surface area contributed by atoms with Gasteiger partial charge in [0, 0.05) is 21.5 Å². The molecule has 3 aromatic carbocycles. The van der Waals surface area contributed by atoms with E-state index in [9.17, 15) is 4.57 Å². The van der Waals surface area contributed by atoms with Gasteiger partial charge < -0.3 is 9.30 Å². The minimum Gasteiger partial charge on any atom is -0.496 e. The first-order valence-electron chi connectivity index (χ1n) is 7.53. The van der Waals surface area contributed by atoms with Gasteiger partial charge >= 0.3 is 0 Å². The molecular formula is C20H19O2P. The molecule has 3 heteroatoms. The van der Waals surface area contributed by atoms with Crippen molar-refractivity contribution in [2.75, 3.05) is 7.11 Å². The van der Waals surface area contributed by atoms with Gasteiger partial charge in [-0.15, -0.1) is 0 Å². The lowest BCUT2D eigenvalue weighted by molar-refractivity contribution is 0.412. The molecule has 116 valence electrons. The smallest absolute Gasteiger partial charge is 0.171 e. The van der Waals surface area contributed by atoms with Crippen molar-refractivity contribution in [3.8, 4) is 5.75 Å². The Labute approximate surface area is 137 Å². The minimum atomic E-state index is -2.93. The van der Waals surface area contributed by atoms with Gasteiger partial charge in [0.05, 0.1) is 7.11 Å². The molecule has 0 unspecified atom stereocenters. The summed E-state index contributed by atoms with van der Waals surface area (Å²) in [5.41, 5.74) is 0.922. The van der Waals surface area contributed by atoms with Crippen LogP contribution in [0.4, 0.5) is 0 Å². The van der Waals surface area contributed by atoms with Crippen LogP contribution in [0.5, 0.6) is 5.75 Å². The Hall–Kier alpha value is -2.31. The molecule has 0 aliphatic rings. The van der Waals surface area contributed by atoms with Crippen molar-refractivity contribution in [2.45, 2.75) is 6.92 Å². The Bertz CT molecular complexity index is 799. The van der Waals surface area contributed by atoms with Crippen LogP contribution in [-0.4, -0.2) is 7.11 Å². The summed E-state index contributed by atoms with van der Waals surface area (Å²) in [7, 11) is -1.29. The monoisotopic (exact) mass is 322 g/mol. The van der Waals surface area contributed by atoms with E-state index in [1.807, 2.05) is 85.8 Å². The molecule has 0 radical (unpaired) electrons. The van der Waals surface area contributed by atoms with E-state index in [1.54, 1.807) is 7.11 Å². The molecule has 0 bridgehead atoms. The van der Waals surface area contributed by atoms with Gasteiger partial charge in [0.2, 0.25) is 0 Å². The molecule has 0 heterocycles. The first-order valence-corrected chi connectivity index (χ1v) is 9.24. The fraction of sp³-hybridized carbons (Fsp3) is 0.100. The van der Waals surface area contributed by atoms with Crippen LogP contribution >= 0.6 is 7.14 Å². The average molecular weight is 322 g/mol. The van der Waals surface area contributed by atoms with Gasteiger partial charge in [-0.25, -0.2) is 0 Å². The highest BCUT2D eigenvalue weighted by atomic mass is 31.2. The van der Waals surface area contributed by atoms with E-state index in [0.717, 1.165) is 27.2 Å². The first kappa shape index (κ1) is 15.6. The van der Waals surface area contributed by atoms with Crippen LogP contribution < -0.4 is 20.7 Å². The van der Waals surface area contributed by atoms with E-state index in [-0.39, 0.29) is 0 Å². The van der Waals surface area contributed by atoms with Crippen LogP contribution in [0.3, 0.4) is 0 Å². The maximum absolute atomic E-state index is 14.3.